The van der Waals surface area contributed by atoms with Crippen molar-refractivity contribution in [1.82, 2.24) is 10.3 Å². The van der Waals surface area contributed by atoms with Crippen molar-refractivity contribution in [3.05, 3.63) is 41.7 Å². The van der Waals surface area contributed by atoms with Gasteiger partial charge in [-0.3, -0.25) is 0 Å². The number of halogens is 1. The molecule has 0 bridgehead atoms. The zero-order chi connectivity index (χ0) is 13.7. The van der Waals surface area contributed by atoms with E-state index in [9.17, 15) is 4.39 Å². The Kier molecular flexibility index (Phi) is 4.65. The van der Waals surface area contributed by atoms with E-state index in [1.807, 2.05) is 6.07 Å². The first-order valence-electron chi connectivity index (χ1n) is 6.11. The van der Waals surface area contributed by atoms with E-state index in [-0.39, 0.29) is 5.82 Å². The molecule has 0 aliphatic carbocycles. The van der Waals surface area contributed by atoms with Crippen LogP contribution in [0.1, 0.15) is 11.3 Å². The second-order valence-corrected chi connectivity index (χ2v) is 4.26. The number of ether oxygens (including phenoxy) is 1. The molecule has 0 amide bonds. The molecule has 0 aliphatic rings. The topological polar surface area (TPSA) is 47.3 Å². The third-order valence-electron chi connectivity index (χ3n) is 2.85. The molecule has 2 rings (SSSR count). The lowest BCUT2D eigenvalue weighted by atomic mass is 10.1. The Morgan fingerprint density at radius 2 is 2.26 bits per heavy atom. The van der Waals surface area contributed by atoms with Crippen LogP contribution in [-0.4, -0.2) is 25.2 Å². The lowest BCUT2D eigenvalue weighted by Gasteiger charge is -2.04. The van der Waals surface area contributed by atoms with Crippen molar-refractivity contribution in [2.45, 2.75) is 13.5 Å². The fourth-order valence-corrected chi connectivity index (χ4v) is 1.75. The van der Waals surface area contributed by atoms with Crippen LogP contribution in [0.4, 0.5) is 4.39 Å². The van der Waals surface area contributed by atoms with Gasteiger partial charge in [0.05, 0.1) is 6.61 Å². The van der Waals surface area contributed by atoms with E-state index in [1.54, 1.807) is 20.1 Å². The first-order valence-corrected chi connectivity index (χ1v) is 6.11. The molecule has 0 unspecified atom stereocenters. The average Bonchev–Trinajstić information content (AvgIpc) is 2.86. The Morgan fingerprint density at radius 1 is 1.42 bits per heavy atom. The van der Waals surface area contributed by atoms with Crippen molar-refractivity contribution in [3.63, 3.8) is 0 Å². The van der Waals surface area contributed by atoms with Gasteiger partial charge in [-0.15, -0.1) is 0 Å². The summed E-state index contributed by atoms with van der Waals surface area (Å²) in [6.45, 7) is 3.65. The van der Waals surface area contributed by atoms with Crippen molar-refractivity contribution in [3.8, 4) is 11.3 Å². The molecule has 102 valence electrons. The van der Waals surface area contributed by atoms with E-state index >= 15 is 0 Å². The Bertz CT molecular complexity index is 540. The maximum atomic E-state index is 13.6. The lowest BCUT2D eigenvalue weighted by Crippen LogP contribution is -2.19. The van der Waals surface area contributed by atoms with Gasteiger partial charge in [-0.25, -0.2) is 9.37 Å². The van der Waals surface area contributed by atoms with E-state index in [0.717, 1.165) is 12.2 Å². The van der Waals surface area contributed by atoms with E-state index in [0.29, 0.717) is 30.0 Å². The van der Waals surface area contributed by atoms with Crippen LogP contribution in [0.25, 0.3) is 11.3 Å². The fraction of sp³-hybridized carbons (Fsp3) is 0.357. The summed E-state index contributed by atoms with van der Waals surface area (Å²) < 4.78 is 23.9. The van der Waals surface area contributed by atoms with E-state index in [4.69, 9.17) is 9.15 Å². The minimum absolute atomic E-state index is 0.243. The van der Waals surface area contributed by atoms with Gasteiger partial charge in [0.15, 0.2) is 12.2 Å². The lowest BCUT2D eigenvalue weighted by molar-refractivity contribution is 0.199. The molecule has 0 saturated carbocycles. The van der Waals surface area contributed by atoms with Gasteiger partial charge in [0, 0.05) is 25.8 Å². The molecule has 0 saturated heterocycles. The van der Waals surface area contributed by atoms with Gasteiger partial charge >= 0.3 is 0 Å². The van der Waals surface area contributed by atoms with Crippen molar-refractivity contribution in [2.75, 3.05) is 20.3 Å². The molecule has 1 N–H and O–H groups in total. The van der Waals surface area contributed by atoms with Crippen LogP contribution < -0.4 is 5.32 Å². The van der Waals surface area contributed by atoms with Crippen LogP contribution in [0, 0.1) is 12.7 Å². The van der Waals surface area contributed by atoms with Gasteiger partial charge < -0.3 is 14.5 Å². The number of nitrogens with zero attached hydrogens (tertiary/aromatic N) is 1. The number of aromatic nitrogens is 1. The van der Waals surface area contributed by atoms with Gasteiger partial charge in [0.25, 0.3) is 0 Å². The largest absolute Gasteiger partial charge is 0.443 e. The highest BCUT2D eigenvalue weighted by Gasteiger charge is 2.11. The summed E-state index contributed by atoms with van der Waals surface area (Å²) in [7, 11) is 1.65. The standard InChI is InChI=1S/C14H17FN2O2/c1-10-3-4-11(7-12(10)15)14-13(17-9-19-14)8-16-5-6-18-2/h3-4,7,9,16H,5-6,8H2,1-2H3. The summed E-state index contributed by atoms with van der Waals surface area (Å²) >= 11 is 0. The van der Waals surface area contributed by atoms with Crippen molar-refractivity contribution in [1.29, 1.82) is 0 Å². The quantitative estimate of drug-likeness (QED) is 0.814. The molecule has 1 aromatic heterocycles. The second-order valence-electron chi connectivity index (χ2n) is 4.26. The number of methoxy groups -OCH3 is 1. The molecule has 0 atom stereocenters. The van der Waals surface area contributed by atoms with Crippen molar-refractivity contribution in [2.24, 2.45) is 0 Å². The Morgan fingerprint density at radius 3 is 3.00 bits per heavy atom. The number of benzene rings is 1. The van der Waals surface area contributed by atoms with Gasteiger partial charge in [0.1, 0.15) is 11.5 Å². The maximum Gasteiger partial charge on any atom is 0.181 e. The summed E-state index contributed by atoms with van der Waals surface area (Å²) in [6, 6.07) is 5.03. The third kappa shape index (κ3) is 3.39. The molecular formula is C14H17FN2O2. The van der Waals surface area contributed by atoms with Crippen molar-refractivity contribution < 1.29 is 13.5 Å². The van der Waals surface area contributed by atoms with E-state index < -0.39 is 0 Å². The van der Waals surface area contributed by atoms with Crippen molar-refractivity contribution >= 4 is 0 Å². The summed E-state index contributed by atoms with van der Waals surface area (Å²) in [6.07, 6.45) is 1.38. The number of hydrogen-bond donors (Lipinski definition) is 1. The number of rotatable bonds is 6. The second kappa shape index (κ2) is 6.45. The maximum absolute atomic E-state index is 13.6. The summed E-state index contributed by atoms with van der Waals surface area (Å²) in [5.41, 5.74) is 2.08. The first kappa shape index (κ1) is 13.7. The molecule has 0 aliphatic heterocycles. The molecule has 0 radical (unpaired) electrons. The van der Waals surface area contributed by atoms with Gasteiger partial charge in [-0.2, -0.15) is 0 Å². The van der Waals surface area contributed by atoms with Crippen LogP contribution in [0.5, 0.6) is 0 Å². The van der Waals surface area contributed by atoms with E-state index in [2.05, 4.69) is 10.3 Å². The zero-order valence-corrected chi connectivity index (χ0v) is 11.1. The zero-order valence-electron chi connectivity index (χ0n) is 11.1. The molecule has 19 heavy (non-hydrogen) atoms. The Balaban J connectivity index is 2.12. The first-order chi connectivity index (χ1) is 9.22. The highest BCUT2D eigenvalue weighted by molar-refractivity contribution is 5.60. The number of nitrogens with one attached hydrogen (secondary N) is 1. The predicted octanol–water partition coefficient (Wildman–Crippen LogP) is 2.53. The molecule has 5 heteroatoms. The molecule has 2 aromatic rings. The van der Waals surface area contributed by atoms with Gasteiger partial charge in [-0.1, -0.05) is 12.1 Å². The van der Waals surface area contributed by atoms with E-state index in [1.165, 1.54) is 12.5 Å². The van der Waals surface area contributed by atoms with Crippen LogP contribution in [0.15, 0.2) is 29.0 Å². The summed E-state index contributed by atoms with van der Waals surface area (Å²) in [5, 5.41) is 3.18. The average molecular weight is 264 g/mol. The normalized spacial score (nSPS) is 10.9. The third-order valence-corrected chi connectivity index (χ3v) is 2.85. The Labute approximate surface area is 111 Å². The number of oxazole rings is 1. The Hall–Kier alpha value is -1.72. The minimum Gasteiger partial charge on any atom is -0.443 e. The highest BCUT2D eigenvalue weighted by Crippen LogP contribution is 2.24. The van der Waals surface area contributed by atoms with Gasteiger partial charge in [-0.05, 0) is 18.6 Å². The minimum atomic E-state index is -0.243. The van der Waals surface area contributed by atoms with Crippen LogP contribution >= 0.6 is 0 Å². The highest BCUT2D eigenvalue weighted by atomic mass is 19.1. The monoisotopic (exact) mass is 264 g/mol. The molecule has 0 fully saturated rings. The fourth-order valence-electron chi connectivity index (χ4n) is 1.75. The van der Waals surface area contributed by atoms with Gasteiger partial charge in [0.2, 0.25) is 0 Å². The number of aryl methyl sites for hydroxylation is 1. The smallest absolute Gasteiger partial charge is 0.181 e. The molecular weight excluding hydrogens is 247 g/mol. The molecule has 0 spiro atoms. The van der Waals surface area contributed by atoms with Crippen LogP contribution in [-0.2, 0) is 11.3 Å². The molecule has 1 heterocycles. The predicted molar refractivity (Wildman–Crippen MR) is 70.2 cm³/mol. The SMILES string of the molecule is COCCNCc1ncoc1-c1ccc(C)c(F)c1. The van der Waals surface area contributed by atoms with Crippen LogP contribution in [0.2, 0.25) is 0 Å². The van der Waals surface area contributed by atoms with Crippen LogP contribution in [0.3, 0.4) is 0 Å². The summed E-state index contributed by atoms with van der Waals surface area (Å²) in [4.78, 5) is 4.15. The molecule has 4 nitrogen and oxygen atoms in total. The number of hydrogen-bond acceptors (Lipinski definition) is 4. The summed E-state index contributed by atoms with van der Waals surface area (Å²) in [5.74, 6) is 0.357. The molecule has 1 aromatic carbocycles.